The van der Waals surface area contributed by atoms with Crippen LogP contribution in [0.2, 0.25) is 0 Å². The van der Waals surface area contributed by atoms with Crippen LogP contribution < -0.4 is 5.32 Å². The van der Waals surface area contributed by atoms with Crippen LogP contribution in [0.15, 0.2) is 0 Å². The molecular weight excluding hydrogens is 282 g/mol. The second kappa shape index (κ2) is 4.62. The first-order valence-electron chi connectivity index (χ1n) is 8.62. The zero-order valence-electron chi connectivity index (χ0n) is 13.1. The van der Waals surface area contributed by atoms with Crippen molar-refractivity contribution in [2.24, 2.45) is 28.6 Å². The number of alkyl carbamates (subject to hydrolysis) is 1. The zero-order chi connectivity index (χ0) is 15.5. The molecule has 0 aromatic carbocycles. The standard InChI is InChI=1S/C17H25NO4/c1-2-13(14(19)20)18-15(21)22-9-16-5-10-3-11-4-12(7-16)17(11,6-10)8-16/h10-13H,2-9H2,1H3,(H,18,21)(H,19,20)/t10?,11?,12?,13-,16?,17?/m0/s1. The van der Waals surface area contributed by atoms with Crippen LogP contribution in [0, 0.1) is 28.6 Å². The minimum atomic E-state index is -1.01. The van der Waals surface area contributed by atoms with Gasteiger partial charge in [-0.25, -0.2) is 9.59 Å². The first kappa shape index (κ1) is 14.3. The molecule has 0 aromatic heterocycles. The molecule has 1 spiro atoms. The number of aliphatic carboxylic acids is 1. The Hall–Kier alpha value is -1.26. The molecule has 0 radical (unpaired) electrons. The van der Waals surface area contributed by atoms with Gasteiger partial charge >= 0.3 is 12.1 Å². The van der Waals surface area contributed by atoms with Crippen LogP contribution in [-0.4, -0.2) is 29.8 Å². The van der Waals surface area contributed by atoms with E-state index in [1.165, 1.54) is 38.5 Å². The topological polar surface area (TPSA) is 75.6 Å². The van der Waals surface area contributed by atoms with E-state index in [0.717, 1.165) is 17.8 Å². The molecule has 122 valence electrons. The maximum Gasteiger partial charge on any atom is 0.407 e. The summed E-state index contributed by atoms with van der Waals surface area (Å²) < 4.78 is 5.46. The van der Waals surface area contributed by atoms with E-state index in [4.69, 9.17) is 9.84 Å². The van der Waals surface area contributed by atoms with Gasteiger partial charge in [0.2, 0.25) is 0 Å². The molecule has 4 fully saturated rings. The predicted octanol–water partition coefficient (Wildman–Crippen LogP) is 2.79. The van der Waals surface area contributed by atoms with Crippen molar-refractivity contribution in [2.45, 2.75) is 57.9 Å². The number of hydrogen-bond donors (Lipinski definition) is 2. The largest absolute Gasteiger partial charge is 0.480 e. The quantitative estimate of drug-likeness (QED) is 0.819. The van der Waals surface area contributed by atoms with Crippen LogP contribution in [0.25, 0.3) is 0 Å². The summed E-state index contributed by atoms with van der Waals surface area (Å²) >= 11 is 0. The lowest BCUT2D eigenvalue weighted by atomic mass is 9.55. The van der Waals surface area contributed by atoms with Gasteiger partial charge in [0.1, 0.15) is 6.04 Å². The SMILES string of the molecule is CC[C@H](NC(=O)OCC12CC3CC4CC(C1)C4(C3)C2)C(=O)O. The molecule has 3 bridgehead atoms. The molecular formula is C17H25NO4. The number of carbonyl (C=O) groups excluding carboxylic acids is 1. The Kier molecular flexibility index (Phi) is 3.01. The van der Waals surface area contributed by atoms with Gasteiger partial charge in [0, 0.05) is 5.41 Å². The molecule has 4 aliphatic rings. The Morgan fingerprint density at radius 1 is 1.27 bits per heavy atom. The number of ether oxygens (including phenoxy) is 1. The Bertz CT molecular complexity index is 517. The maximum atomic E-state index is 11.9. The Morgan fingerprint density at radius 2 is 2.09 bits per heavy atom. The summed E-state index contributed by atoms with van der Waals surface area (Å²) in [6, 6.07) is -0.852. The number of carboxylic acids is 1. The van der Waals surface area contributed by atoms with Crippen molar-refractivity contribution in [3.05, 3.63) is 0 Å². The van der Waals surface area contributed by atoms with Gasteiger partial charge in [0.25, 0.3) is 0 Å². The molecule has 6 atom stereocenters. The molecule has 0 aromatic rings. The van der Waals surface area contributed by atoms with Crippen molar-refractivity contribution < 1.29 is 19.4 Å². The van der Waals surface area contributed by atoms with E-state index in [-0.39, 0.29) is 5.41 Å². The number of nitrogens with one attached hydrogen (secondary N) is 1. The summed E-state index contributed by atoms with van der Waals surface area (Å²) in [6.45, 7) is 2.21. The molecule has 5 heteroatoms. The lowest BCUT2D eigenvalue weighted by Crippen LogP contribution is -2.43. The highest BCUT2D eigenvalue weighted by atomic mass is 16.5. The van der Waals surface area contributed by atoms with Gasteiger partial charge < -0.3 is 15.2 Å². The van der Waals surface area contributed by atoms with Gasteiger partial charge in [-0.15, -0.1) is 0 Å². The van der Waals surface area contributed by atoms with E-state index in [0.29, 0.717) is 18.4 Å². The minimum Gasteiger partial charge on any atom is -0.480 e. The van der Waals surface area contributed by atoms with E-state index in [1.807, 2.05) is 0 Å². The molecule has 0 saturated heterocycles. The monoisotopic (exact) mass is 307 g/mol. The fraction of sp³-hybridized carbons (Fsp3) is 0.882. The van der Waals surface area contributed by atoms with Gasteiger partial charge in [0.15, 0.2) is 0 Å². The second-order valence-corrected chi connectivity index (χ2v) is 8.27. The highest BCUT2D eigenvalue weighted by Crippen LogP contribution is 2.78. The van der Waals surface area contributed by atoms with Gasteiger partial charge in [0.05, 0.1) is 6.61 Å². The Balaban J connectivity index is 1.37. The van der Waals surface area contributed by atoms with E-state index < -0.39 is 18.1 Å². The van der Waals surface area contributed by atoms with Crippen LogP contribution in [-0.2, 0) is 9.53 Å². The van der Waals surface area contributed by atoms with Gasteiger partial charge in [-0.2, -0.15) is 0 Å². The summed E-state index contributed by atoms with van der Waals surface area (Å²) in [5, 5.41) is 11.4. The Morgan fingerprint density at radius 3 is 2.82 bits per heavy atom. The van der Waals surface area contributed by atoms with Gasteiger partial charge in [-0.05, 0) is 68.1 Å². The number of hydrogen-bond acceptors (Lipinski definition) is 3. The first-order valence-corrected chi connectivity index (χ1v) is 8.62. The van der Waals surface area contributed by atoms with Crippen molar-refractivity contribution >= 4 is 12.1 Å². The highest BCUT2D eigenvalue weighted by molar-refractivity contribution is 5.79. The summed E-state index contributed by atoms with van der Waals surface area (Å²) in [5.41, 5.74) is 0.775. The van der Waals surface area contributed by atoms with Crippen LogP contribution in [0.5, 0.6) is 0 Å². The molecule has 0 aliphatic heterocycles. The van der Waals surface area contributed by atoms with Crippen molar-refractivity contribution in [3.63, 3.8) is 0 Å². The van der Waals surface area contributed by atoms with Crippen molar-refractivity contribution in [1.82, 2.24) is 5.32 Å². The molecule has 1 amide bonds. The van der Waals surface area contributed by atoms with E-state index in [9.17, 15) is 9.59 Å². The first-order chi connectivity index (χ1) is 10.5. The lowest BCUT2D eigenvalue weighted by Gasteiger charge is -2.49. The van der Waals surface area contributed by atoms with Crippen LogP contribution >= 0.6 is 0 Å². The smallest absolute Gasteiger partial charge is 0.407 e. The molecule has 22 heavy (non-hydrogen) atoms. The molecule has 5 unspecified atom stereocenters. The third-order valence-electron chi connectivity index (χ3n) is 7.09. The maximum absolute atomic E-state index is 11.9. The Labute approximate surface area is 130 Å². The van der Waals surface area contributed by atoms with E-state index in [2.05, 4.69) is 5.32 Å². The number of carboxylic acid groups (broad SMARTS) is 1. The van der Waals surface area contributed by atoms with E-state index in [1.54, 1.807) is 6.92 Å². The predicted molar refractivity (Wildman–Crippen MR) is 79.2 cm³/mol. The average molecular weight is 307 g/mol. The fourth-order valence-electron chi connectivity index (χ4n) is 6.45. The zero-order valence-corrected chi connectivity index (χ0v) is 13.1. The third-order valence-corrected chi connectivity index (χ3v) is 7.09. The van der Waals surface area contributed by atoms with Gasteiger partial charge in [-0.1, -0.05) is 6.92 Å². The van der Waals surface area contributed by atoms with Crippen molar-refractivity contribution in [3.8, 4) is 0 Å². The minimum absolute atomic E-state index is 0.182. The van der Waals surface area contributed by atoms with Crippen LogP contribution in [0.3, 0.4) is 0 Å². The van der Waals surface area contributed by atoms with Crippen LogP contribution in [0.4, 0.5) is 4.79 Å². The molecule has 5 nitrogen and oxygen atoms in total. The average Bonchev–Trinajstić information content (AvgIpc) is 2.78. The number of fused-ring (bicyclic) bond motifs is 2. The number of carbonyl (C=O) groups is 2. The molecule has 4 rings (SSSR count). The normalized spacial score (nSPS) is 45.0. The molecule has 2 N–H and O–H groups in total. The summed E-state index contributed by atoms with van der Waals surface area (Å²) in [4.78, 5) is 22.9. The number of amides is 1. The van der Waals surface area contributed by atoms with E-state index >= 15 is 0 Å². The molecule has 4 aliphatic carbocycles. The third kappa shape index (κ3) is 1.90. The lowest BCUT2D eigenvalue weighted by molar-refractivity contribution is -0.139. The highest BCUT2D eigenvalue weighted by Gasteiger charge is 2.70. The van der Waals surface area contributed by atoms with Gasteiger partial charge in [-0.3, -0.25) is 0 Å². The number of rotatable bonds is 5. The molecule has 0 heterocycles. The second-order valence-electron chi connectivity index (χ2n) is 8.27. The fourth-order valence-corrected chi connectivity index (χ4v) is 6.45. The summed E-state index contributed by atoms with van der Waals surface area (Å²) in [7, 11) is 0. The van der Waals surface area contributed by atoms with Crippen LogP contribution in [0.1, 0.15) is 51.9 Å². The van der Waals surface area contributed by atoms with Crippen molar-refractivity contribution in [1.29, 1.82) is 0 Å². The summed E-state index contributed by atoms with van der Waals surface area (Å²) in [6.07, 6.45) is 7.62. The molecule has 4 saturated carbocycles. The van der Waals surface area contributed by atoms with Crippen molar-refractivity contribution in [2.75, 3.05) is 6.61 Å². The summed E-state index contributed by atoms with van der Waals surface area (Å²) in [5.74, 6) is 1.63.